The Hall–Kier alpha value is -1.62. The molecule has 2 rings (SSSR count). The van der Waals surface area contributed by atoms with Crippen molar-refractivity contribution in [3.05, 3.63) is 34.4 Å². The molecule has 0 aliphatic rings. The van der Waals surface area contributed by atoms with Crippen LogP contribution in [0.2, 0.25) is 0 Å². The smallest absolute Gasteiger partial charge is 0.126 e. The molecule has 0 saturated carbocycles. The van der Waals surface area contributed by atoms with E-state index in [0.717, 1.165) is 17.2 Å². The number of nitrogens with one attached hydrogen (secondary N) is 1. The van der Waals surface area contributed by atoms with E-state index in [0.29, 0.717) is 12.2 Å². The fourth-order valence-electron chi connectivity index (χ4n) is 1.18. The Morgan fingerprint density at radius 3 is 3.00 bits per heavy atom. The van der Waals surface area contributed by atoms with E-state index >= 15 is 0 Å². The predicted octanol–water partition coefficient (Wildman–Crippen LogP) is 2.04. The molecule has 0 atom stereocenters. The van der Waals surface area contributed by atoms with Crippen molar-refractivity contribution in [2.75, 3.05) is 11.1 Å². The second kappa shape index (κ2) is 4.27. The molecular formula is C10H12N4S. The Labute approximate surface area is 92.2 Å². The van der Waals surface area contributed by atoms with E-state index in [1.807, 2.05) is 29.9 Å². The van der Waals surface area contributed by atoms with E-state index in [2.05, 4.69) is 15.3 Å². The molecule has 2 aromatic heterocycles. The minimum atomic E-state index is 0.694. The molecular weight excluding hydrogens is 208 g/mol. The molecule has 15 heavy (non-hydrogen) atoms. The van der Waals surface area contributed by atoms with E-state index in [1.54, 1.807) is 11.3 Å². The molecule has 0 saturated heterocycles. The molecule has 0 aromatic carbocycles. The van der Waals surface area contributed by atoms with Crippen LogP contribution in [0, 0.1) is 6.92 Å². The van der Waals surface area contributed by atoms with Crippen LogP contribution in [0.15, 0.2) is 23.0 Å². The predicted molar refractivity (Wildman–Crippen MR) is 62.8 cm³/mol. The average Bonchev–Trinajstić information content (AvgIpc) is 2.73. The summed E-state index contributed by atoms with van der Waals surface area (Å²) in [6.07, 6.45) is 0. The van der Waals surface area contributed by atoms with Gasteiger partial charge in [0.1, 0.15) is 5.82 Å². The van der Waals surface area contributed by atoms with Crippen LogP contribution in [0.4, 0.5) is 11.5 Å². The second-order valence-electron chi connectivity index (χ2n) is 3.20. The van der Waals surface area contributed by atoms with Gasteiger partial charge in [0.05, 0.1) is 29.1 Å². The van der Waals surface area contributed by atoms with Crippen LogP contribution in [0.5, 0.6) is 0 Å². The van der Waals surface area contributed by atoms with Crippen molar-refractivity contribution in [3.63, 3.8) is 0 Å². The summed E-state index contributed by atoms with van der Waals surface area (Å²) in [7, 11) is 0. The molecule has 0 spiro atoms. The molecule has 0 radical (unpaired) electrons. The quantitative estimate of drug-likeness (QED) is 0.830. The van der Waals surface area contributed by atoms with Gasteiger partial charge in [-0.1, -0.05) is 0 Å². The average molecular weight is 220 g/mol. The molecule has 4 nitrogen and oxygen atoms in total. The zero-order valence-electron chi connectivity index (χ0n) is 8.40. The number of aryl methyl sites for hydroxylation is 1. The first-order chi connectivity index (χ1) is 7.25. The number of anilines is 2. The maximum Gasteiger partial charge on any atom is 0.126 e. The monoisotopic (exact) mass is 220 g/mol. The first-order valence-corrected chi connectivity index (χ1v) is 5.54. The maximum atomic E-state index is 5.68. The lowest BCUT2D eigenvalue weighted by Gasteiger charge is -2.05. The molecule has 3 N–H and O–H groups in total. The zero-order valence-corrected chi connectivity index (χ0v) is 9.21. The highest BCUT2D eigenvalue weighted by molar-refractivity contribution is 7.07. The molecule has 0 aliphatic carbocycles. The van der Waals surface area contributed by atoms with Crippen molar-refractivity contribution in [3.8, 4) is 0 Å². The summed E-state index contributed by atoms with van der Waals surface area (Å²) >= 11 is 1.59. The highest BCUT2D eigenvalue weighted by Gasteiger charge is 1.99. The number of aromatic nitrogens is 2. The van der Waals surface area contributed by atoms with Gasteiger partial charge in [0, 0.05) is 5.38 Å². The number of rotatable bonds is 3. The highest BCUT2D eigenvalue weighted by atomic mass is 32.1. The minimum Gasteiger partial charge on any atom is -0.397 e. The number of hydrogen-bond donors (Lipinski definition) is 2. The molecule has 2 heterocycles. The van der Waals surface area contributed by atoms with E-state index in [4.69, 9.17) is 5.73 Å². The lowest BCUT2D eigenvalue weighted by molar-refractivity contribution is 1.04. The van der Waals surface area contributed by atoms with Gasteiger partial charge in [0.25, 0.3) is 0 Å². The van der Waals surface area contributed by atoms with Gasteiger partial charge >= 0.3 is 0 Å². The van der Waals surface area contributed by atoms with Gasteiger partial charge in [-0.3, -0.25) is 0 Å². The zero-order chi connectivity index (χ0) is 10.7. The van der Waals surface area contributed by atoms with Gasteiger partial charge in [0.2, 0.25) is 0 Å². The standard InChI is InChI=1S/C10H12N4S/c1-7-9(11)2-3-10(14-7)12-4-8-5-15-6-13-8/h2-3,5-6H,4,11H2,1H3,(H,12,14). The van der Waals surface area contributed by atoms with E-state index in [-0.39, 0.29) is 0 Å². The normalized spacial score (nSPS) is 10.2. The number of pyridine rings is 1. The Kier molecular flexibility index (Phi) is 2.82. The first-order valence-electron chi connectivity index (χ1n) is 4.60. The Morgan fingerprint density at radius 2 is 2.33 bits per heavy atom. The highest BCUT2D eigenvalue weighted by Crippen LogP contribution is 2.12. The van der Waals surface area contributed by atoms with Crippen LogP contribution in [0.3, 0.4) is 0 Å². The fourth-order valence-corrected chi connectivity index (χ4v) is 1.73. The fraction of sp³-hybridized carbons (Fsp3) is 0.200. The van der Waals surface area contributed by atoms with Crippen molar-refractivity contribution in [2.24, 2.45) is 0 Å². The summed E-state index contributed by atoms with van der Waals surface area (Å²) in [5.41, 5.74) is 10.1. The number of nitrogens with zero attached hydrogens (tertiary/aromatic N) is 2. The number of thiazole rings is 1. The lowest BCUT2D eigenvalue weighted by Crippen LogP contribution is -2.03. The Balaban J connectivity index is 2.02. The lowest BCUT2D eigenvalue weighted by atomic mass is 10.3. The first kappa shape index (κ1) is 9.92. The summed E-state index contributed by atoms with van der Waals surface area (Å²) in [5.74, 6) is 0.828. The van der Waals surface area contributed by atoms with E-state index in [9.17, 15) is 0 Å². The number of hydrogen-bond acceptors (Lipinski definition) is 5. The van der Waals surface area contributed by atoms with Gasteiger partial charge < -0.3 is 11.1 Å². The number of nitrogen functional groups attached to an aromatic ring is 1. The molecule has 0 fully saturated rings. The third-order valence-electron chi connectivity index (χ3n) is 2.06. The van der Waals surface area contributed by atoms with Crippen molar-refractivity contribution >= 4 is 22.8 Å². The summed E-state index contributed by atoms with van der Waals surface area (Å²) in [5, 5.41) is 5.20. The molecule has 0 amide bonds. The van der Waals surface area contributed by atoms with Gasteiger partial charge in [-0.2, -0.15) is 0 Å². The molecule has 0 aliphatic heterocycles. The van der Waals surface area contributed by atoms with Gasteiger partial charge in [-0.05, 0) is 19.1 Å². The summed E-state index contributed by atoms with van der Waals surface area (Å²) < 4.78 is 0. The Bertz CT molecular complexity index is 439. The second-order valence-corrected chi connectivity index (χ2v) is 3.92. The van der Waals surface area contributed by atoms with Crippen LogP contribution in [-0.2, 0) is 6.54 Å². The third-order valence-corrected chi connectivity index (χ3v) is 2.70. The summed E-state index contributed by atoms with van der Waals surface area (Å²) in [4.78, 5) is 8.49. The maximum absolute atomic E-state index is 5.68. The number of nitrogens with two attached hydrogens (primary N) is 1. The summed E-state index contributed by atoms with van der Waals surface area (Å²) in [6, 6.07) is 3.72. The molecule has 0 unspecified atom stereocenters. The van der Waals surface area contributed by atoms with Gasteiger partial charge in [-0.15, -0.1) is 11.3 Å². The van der Waals surface area contributed by atoms with Crippen LogP contribution >= 0.6 is 11.3 Å². The van der Waals surface area contributed by atoms with Crippen molar-refractivity contribution in [2.45, 2.75) is 13.5 Å². The molecule has 0 bridgehead atoms. The van der Waals surface area contributed by atoms with Gasteiger partial charge in [-0.25, -0.2) is 9.97 Å². The summed E-state index contributed by atoms with van der Waals surface area (Å²) in [6.45, 7) is 2.59. The van der Waals surface area contributed by atoms with E-state index in [1.165, 1.54) is 0 Å². The van der Waals surface area contributed by atoms with Crippen molar-refractivity contribution < 1.29 is 0 Å². The van der Waals surface area contributed by atoms with Crippen LogP contribution in [-0.4, -0.2) is 9.97 Å². The molecule has 78 valence electrons. The largest absolute Gasteiger partial charge is 0.397 e. The SMILES string of the molecule is Cc1nc(NCc2cscn2)ccc1N. The van der Waals surface area contributed by atoms with Crippen molar-refractivity contribution in [1.82, 2.24) is 9.97 Å². The van der Waals surface area contributed by atoms with Crippen LogP contribution in [0.25, 0.3) is 0 Å². The van der Waals surface area contributed by atoms with Crippen molar-refractivity contribution in [1.29, 1.82) is 0 Å². The van der Waals surface area contributed by atoms with Gasteiger partial charge in [0.15, 0.2) is 0 Å². The van der Waals surface area contributed by atoms with E-state index < -0.39 is 0 Å². The Morgan fingerprint density at radius 1 is 1.47 bits per heavy atom. The van der Waals surface area contributed by atoms with Crippen LogP contribution in [0.1, 0.15) is 11.4 Å². The molecule has 2 aromatic rings. The topological polar surface area (TPSA) is 63.8 Å². The third kappa shape index (κ3) is 2.44. The minimum absolute atomic E-state index is 0.694. The molecule has 5 heteroatoms. The van der Waals surface area contributed by atoms with Crippen LogP contribution < -0.4 is 11.1 Å².